The van der Waals surface area contributed by atoms with E-state index in [2.05, 4.69) is 10.6 Å². The number of nitrogens with one attached hydrogen (secondary N) is 2. The topological polar surface area (TPSA) is 75.3 Å². The van der Waals surface area contributed by atoms with Crippen molar-refractivity contribution in [2.75, 3.05) is 10.6 Å². The number of carbonyl (C=O) groups is 3. The summed E-state index contributed by atoms with van der Waals surface area (Å²) >= 11 is 1.46. The Labute approximate surface area is 170 Å². The summed E-state index contributed by atoms with van der Waals surface area (Å²) < 4.78 is 0. The molecule has 0 fully saturated rings. The van der Waals surface area contributed by atoms with Crippen LogP contribution in [0.15, 0.2) is 53.4 Å². The number of hydrogen-bond donors (Lipinski definition) is 2. The molecule has 1 atom stereocenters. The van der Waals surface area contributed by atoms with Gasteiger partial charge in [0.05, 0.1) is 5.25 Å². The summed E-state index contributed by atoms with van der Waals surface area (Å²) in [7, 11) is 0. The first-order valence-electron chi connectivity index (χ1n) is 9.41. The second-order valence-electron chi connectivity index (χ2n) is 6.46. The zero-order chi connectivity index (χ0) is 20.5. The van der Waals surface area contributed by atoms with Gasteiger partial charge >= 0.3 is 0 Å². The highest BCUT2D eigenvalue weighted by atomic mass is 32.2. The van der Waals surface area contributed by atoms with Crippen molar-refractivity contribution in [3.05, 3.63) is 54.1 Å². The number of ketones is 1. The molecule has 0 bridgehead atoms. The average Bonchev–Trinajstić information content (AvgIpc) is 2.67. The number of carbonyl (C=O) groups excluding carboxylic acids is 3. The third kappa shape index (κ3) is 6.53. The van der Waals surface area contributed by atoms with Gasteiger partial charge in [0.1, 0.15) is 0 Å². The molecule has 2 amide bonds. The minimum absolute atomic E-state index is 0.00854. The van der Waals surface area contributed by atoms with Crippen molar-refractivity contribution >= 4 is 40.7 Å². The van der Waals surface area contributed by atoms with E-state index in [4.69, 9.17) is 0 Å². The van der Waals surface area contributed by atoms with Crippen LogP contribution in [0.2, 0.25) is 0 Å². The normalized spacial score (nSPS) is 11.5. The average molecular weight is 399 g/mol. The molecule has 0 aromatic heterocycles. The van der Waals surface area contributed by atoms with Gasteiger partial charge in [-0.25, -0.2) is 0 Å². The Morgan fingerprint density at radius 3 is 2.29 bits per heavy atom. The molecule has 2 rings (SSSR count). The first-order valence-corrected chi connectivity index (χ1v) is 10.3. The summed E-state index contributed by atoms with van der Waals surface area (Å²) in [5.74, 6) is -0.113. The zero-order valence-corrected chi connectivity index (χ0v) is 17.3. The van der Waals surface area contributed by atoms with Gasteiger partial charge < -0.3 is 10.6 Å². The van der Waals surface area contributed by atoms with Crippen LogP contribution in [0.3, 0.4) is 0 Å². The molecule has 0 radical (unpaired) electrons. The Bertz CT molecular complexity index is 834. The van der Waals surface area contributed by atoms with Crippen LogP contribution in [0.25, 0.3) is 0 Å². The van der Waals surface area contributed by atoms with Crippen molar-refractivity contribution < 1.29 is 14.4 Å². The summed E-state index contributed by atoms with van der Waals surface area (Å²) in [5.41, 5.74) is 2.01. The lowest BCUT2D eigenvalue weighted by Gasteiger charge is -2.15. The lowest BCUT2D eigenvalue weighted by molar-refractivity contribution is -0.116. The largest absolute Gasteiger partial charge is 0.326 e. The molecular formula is C22H26N2O3S. The highest BCUT2D eigenvalue weighted by Crippen LogP contribution is 2.28. The van der Waals surface area contributed by atoms with Crippen LogP contribution in [0.4, 0.5) is 11.4 Å². The monoisotopic (exact) mass is 398 g/mol. The highest BCUT2D eigenvalue weighted by Gasteiger charge is 2.18. The van der Waals surface area contributed by atoms with Gasteiger partial charge in [0.2, 0.25) is 11.8 Å². The molecule has 2 N–H and O–H groups in total. The Kier molecular flexibility index (Phi) is 8.26. The standard InChI is InChI=1S/C22H26N2O3S/c1-4-7-21(26)23-18-8-6-9-19(14-18)28-20(5-2)22(27)24-17-12-10-16(11-13-17)15(3)25/h6,8-14,20H,4-5,7H2,1-3H3,(H,23,26)(H,24,27). The van der Waals surface area contributed by atoms with Crippen molar-refractivity contribution in [1.29, 1.82) is 0 Å². The Hall–Kier alpha value is -2.60. The SMILES string of the molecule is CCCC(=O)Nc1cccc(SC(CC)C(=O)Nc2ccc(C(C)=O)cc2)c1. The quantitative estimate of drug-likeness (QED) is 0.453. The van der Waals surface area contributed by atoms with Crippen LogP contribution in [0, 0.1) is 0 Å². The Morgan fingerprint density at radius 1 is 0.964 bits per heavy atom. The van der Waals surface area contributed by atoms with Gasteiger partial charge in [-0.15, -0.1) is 11.8 Å². The number of Topliss-reactive ketones (excluding diaryl/α,β-unsaturated/α-hetero) is 1. The molecule has 6 heteroatoms. The molecule has 28 heavy (non-hydrogen) atoms. The van der Waals surface area contributed by atoms with Gasteiger partial charge in [0.25, 0.3) is 0 Å². The van der Waals surface area contributed by atoms with Crippen molar-refractivity contribution in [1.82, 2.24) is 0 Å². The smallest absolute Gasteiger partial charge is 0.237 e. The van der Waals surface area contributed by atoms with Crippen LogP contribution in [-0.2, 0) is 9.59 Å². The molecule has 0 saturated heterocycles. The van der Waals surface area contributed by atoms with Crippen molar-refractivity contribution in [2.24, 2.45) is 0 Å². The maximum absolute atomic E-state index is 12.6. The van der Waals surface area contributed by atoms with Crippen LogP contribution in [0.5, 0.6) is 0 Å². The number of amides is 2. The fourth-order valence-electron chi connectivity index (χ4n) is 2.60. The molecule has 5 nitrogen and oxygen atoms in total. The highest BCUT2D eigenvalue weighted by molar-refractivity contribution is 8.00. The van der Waals surface area contributed by atoms with E-state index in [-0.39, 0.29) is 22.8 Å². The minimum Gasteiger partial charge on any atom is -0.326 e. The molecule has 0 aliphatic heterocycles. The van der Waals surface area contributed by atoms with Crippen LogP contribution in [-0.4, -0.2) is 22.8 Å². The first kappa shape index (κ1) is 21.7. The molecule has 0 heterocycles. The molecule has 0 saturated carbocycles. The molecule has 148 valence electrons. The van der Waals surface area contributed by atoms with E-state index in [0.29, 0.717) is 24.1 Å². The second-order valence-corrected chi connectivity index (χ2v) is 7.74. The van der Waals surface area contributed by atoms with Crippen molar-refractivity contribution in [2.45, 2.75) is 50.2 Å². The van der Waals surface area contributed by atoms with Gasteiger partial charge in [-0.3, -0.25) is 14.4 Å². The van der Waals surface area contributed by atoms with Gasteiger partial charge in [-0.05, 0) is 62.2 Å². The second kappa shape index (κ2) is 10.7. The maximum Gasteiger partial charge on any atom is 0.237 e. The minimum atomic E-state index is -0.269. The number of rotatable bonds is 9. The molecule has 0 aliphatic carbocycles. The molecule has 2 aromatic rings. The molecule has 2 aromatic carbocycles. The van der Waals surface area contributed by atoms with Crippen LogP contribution >= 0.6 is 11.8 Å². The van der Waals surface area contributed by atoms with Gasteiger partial charge in [-0.1, -0.05) is 19.9 Å². The Morgan fingerprint density at radius 2 is 1.68 bits per heavy atom. The molecule has 0 aliphatic rings. The summed E-state index contributed by atoms with van der Waals surface area (Å²) in [6.45, 7) is 5.43. The fourth-order valence-corrected chi connectivity index (χ4v) is 3.61. The Balaban J connectivity index is 2.01. The van der Waals surface area contributed by atoms with E-state index < -0.39 is 0 Å². The van der Waals surface area contributed by atoms with E-state index >= 15 is 0 Å². The maximum atomic E-state index is 12.6. The lowest BCUT2D eigenvalue weighted by atomic mass is 10.1. The number of benzene rings is 2. The molecule has 0 spiro atoms. The molecule has 1 unspecified atom stereocenters. The van der Waals surface area contributed by atoms with E-state index in [1.54, 1.807) is 24.3 Å². The van der Waals surface area contributed by atoms with E-state index in [1.807, 2.05) is 38.1 Å². The predicted molar refractivity (Wildman–Crippen MR) is 115 cm³/mol. The third-order valence-corrected chi connectivity index (χ3v) is 5.45. The number of anilines is 2. The van der Waals surface area contributed by atoms with Crippen LogP contribution < -0.4 is 10.6 Å². The summed E-state index contributed by atoms with van der Waals surface area (Å²) in [6.07, 6.45) is 1.94. The van der Waals surface area contributed by atoms with Gasteiger partial charge in [0.15, 0.2) is 5.78 Å². The lowest BCUT2D eigenvalue weighted by Crippen LogP contribution is -2.24. The van der Waals surface area contributed by atoms with E-state index in [0.717, 1.165) is 17.0 Å². The van der Waals surface area contributed by atoms with Gasteiger partial charge in [-0.2, -0.15) is 0 Å². The zero-order valence-electron chi connectivity index (χ0n) is 16.5. The van der Waals surface area contributed by atoms with Gasteiger partial charge in [0, 0.05) is 28.3 Å². The first-order chi connectivity index (χ1) is 13.4. The van der Waals surface area contributed by atoms with Crippen LogP contribution in [0.1, 0.15) is 50.4 Å². The summed E-state index contributed by atoms with van der Waals surface area (Å²) in [4.78, 5) is 36.7. The third-order valence-electron chi connectivity index (χ3n) is 4.10. The van der Waals surface area contributed by atoms with Crippen molar-refractivity contribution in [3.63, 3.8) is 0 Å². The van der Waals surface area contributed by atoms with E-state index in [1.165, 1.54) is 18.7 Å². The number of hydrogen-bond acceptors (Lipinski definition) is 4. The number of thioether (sulfide) groups is 1. The summed E-state index contributed by atoms with van der Waals surface area (Å²) in [6, 6.07) is 14.4. The molecular weight excluding hydrogens is 372 g/mol. The van der Waals surface area contributed by atoms with E-state index in [9.17, 15) is 14.4 Å². The fraction of sp³-hybridized carbons (Fsp3) is 0.318. The predicted octanol–water partition coefficient (Wildman–Crippen LogP) is 5.14. The summed E-state index contributed by atoms with van der Waals surface area (Å²) in [5, 5.41) is 5.51. The van der Waals surface area contributed by atoms with Crippen molar-refractivity contribution in [3.8, 4) is 0 Å².